The number of carboxylic acid groups (broad SMARTS) is 1. The number of ether oxygens (including phenoxy) is 1. The zero-order valence-corrected chi connectivity index (χ0v) is 11.4. The summed E-state index contributed by atoms with van der Waals surface area (Å²) in [5.74, 6) is -1.65. The molecule has 0 spiro atoms. The standard InChI is InChI=1S/C13H9BrFNO3/c1-7-10(14)4-5-12(16-7)19-11-6-8(15)2-3-9(11)13(17)18/h2-6H,1H3,(H,17,18). The van der Waals surface area contributed by atoms with Crippen molar-refractivity contribution >= 4 is 21.9 Å². The molecule has 6 heteroatoms. The molecule has 19 heavy (non-hydrogen) atoms. The molecule has 1 aromatic carbocycles. The Hall–Kier alpha value is -1.95. The molecule has 1 aromatic heterocycles. The number of hydrogen-bond donors (Lipinski definition) is 1. The van der Waals surface area contributed by atoms with E-state index in [-0.39, 0.29) is 17.2 Å². The van der Waals surface area contributed by atoms with Crippen LogP contribution in [-0.2, 0) is 0 Å². The molecule has 0 unspecified atom stereocenters. The second-order valence-electron chi connectivity index (χ2n) is 3.76. The quantitative estimate of drug-likeness (QED) is 0.932. The lowest BCUT2D eigenvalue weighted by Crippen LogP contribution is -2.01. The average molecular weight is 326 g/mol. The van der Waals surface area contributed by atoms with Gasteiger partial charge in [0, 0.05) is 16.6 Å². The minimum atomic E-state index is -1.19. The number of aryl methyl sites for hydroxylation is 1. The van der Waals surface area contributed by atoms with Crippen LogP contribution in [0.15, 0.2) is 34.8 Å². The first-order chi connectivity index (χ1) is 8.97. The van der Waals surface area contributed by atoms with E-state index in [0.29, 0.717) is 5.69 Å². The van der Waals surface area contributed by atoms with Crippen LogP contribution < -0.4 is 4.74 Å². The summed E-state index contributed by atoms with van der Waals surface area (Å²) in [7, 11) is 0. The van der Waals surface area contributed by atoms with Crippen LogP contribution in [0.4, 0.5) is 4.39 Å². The number of benzene rings is 1. The third-order valence-corrected chi connectivity index (χ3v) is 3.22. The molecule has 0 fully saturated rings. The van der Waals surface area contributed by atoms with Gasteiger partial charge in [0.1, 0.15) is 17.1 Å². The first-order valence-electron chi connectivity index (χ1n) is 5.31. The molecule has 0 radical (unpaired) electrons. The van der Waals surface area contributed by atoms with Crippen molar-refractivity contribution in [3.63, 3.8) is 0 Å². The van der Waals surface area contributed by atoms with E-state index < -0.39 is 11.8 Å². The predicted molar refractivity (Wildman–Crippen MR) is 70.1 cm³/mol. The van der Waals surface area contributed by atoms with Gasteiger partial charge >= 0.3 is 5.97 Å². The Morgan fingerprint density at radius 3 is 2.74 bits per heavy atom. The lowest BCUT2D eigenvalue weighted by Gasteiger charge is -2.09. The zero-order valence-electron chi connectivity index (χ0n) is 9.85. The van der Waals surface area contributed by atoms with Gasteiger partial charge in [0.15, 0.2) is 0 Å². The van der Waals surface area contributed by atoms with E-state index in [9.17, 15) is 9.18 Å². The van der Waals surface area contributed by atoms with Crippen molar-refractivity contribution in [2.45, 2.75) is 6.92 Å². The van der Waals surface area contributed by atoms with Crippen molar-refractivity contribution in [1.29, 1.82) is 0 Å². The van der Waals surface area contributed by atoms with Gasteiger partial charge < -0.3 is 9.84 Å². The van der Waals surface area contributed by atoms with Crippen molar-refractivity contribution in [2.24, 2.45) is 0 Å². The lowest BCUT2D eigenvalue weighted by molar-refractivity contribution is 0.0694. The van der Waals surface area contributed by atoms with Crippen LogP contribution in [0.25, 0.3) is 0 Å². The van der Waals surface area contributed by atoms with Crippen molar-refractivity contribution in [3.8, 4) is 11.6 Å². The first-order valence-corrected chi connectivity index (χ1v) is 6.10. The molecule has 0 aliphatic rings. The zero-order chi connectivity index (χ0) is 14.0. The fourth-order valence-electron chi connectivity index (χ4n) is 1.45. The van der Waals surface area contributed by atoms with Gasteiger partial charge in [-0.3, -0.25) is 0 Å². The van der Waals surface area contributed by atoms with Crippen LogP contribution in [0.5, 0.6) is 11.6 Å². The number of rotatable bonds is 3. The maximum absolute atomic E-state index is 13.2. The Balaban J connectivity index is 2.39. The summed E-state index contributed by atoms with van der Waals surface area (Å²) in [4.78, 5) is 15.1. The summed E-state index contributed by atoms with van der Waals surface area (Å²) in [6.07, 6.45) is 0. The number of hydrogen-bond acceptors (Lipinski definition) is 3. The number of aromatic nitrogens is 1. The molecule has 0 atom stereocenters. The van der Waals surface area contributed by atoms with E-state index in [1.165, 1.54) is 0 Å². The molecule has 4 nitrogen and oxygen atoms in total. The van der Waals surface area contributed by atoms with Crippen molar-refractivity contribution in [2.75, 3.05) is 0 Å². The highest BCUT2D eigenvalue weighted by Gasteiger charge is 2.14. The van der Waals surface area contributed by atoms with Crippen LogP contribution in [0.2, 0.25) is 0 Å². The highest BCUT2D eigenvalue weighted by atomic mass is 79.9. The van der Waals surface area contributed by atoms with E-state index in [0.717, 1.165) is 22.7 Å². The summed E-state index contributed by atoms with van der Waals surface area (Å²) in [6, 6.07) is 6.52. The van der Waals surface area contributed by atoms with Crippen LogP contribution in [0.3, 0.4) is 0 Å². The highest BCUT2D eigenvalue weighted by Crippen LogP contribution is 2.27. The third kappa shape index (κ3) is 3.08. The van der Waals surface area contributed by atoms with E-state index in [4.69, 9.17) is 9.84 Å². The van der Waals surface area contributed by atoms with E-state index in [2.05, 4.69) is 20.9 Å². The Morgan fingerprint density at radius 2 is 2.11 bits per heavy atom. The Labute approximate surface area is 117 Å². The molecular formula is C13H9BrFNO3. The fraction of sp³-hybridized carbons (Fsp3) is 0.0769. The molecule has 0 amide bonds. The monoisotopic (exact) mass is 325 g/mol. The molecular weight excluding hydrogens is 317 g/mol. The topological polar surface area (TPSA) is 59.4 Å². The minimum Gasteiger partial charge on any atom is -0.478 e. The number of halogens is 2. The molecule has 0 bridgehead atoms. The Bertz CT molecular complexity index is 646. The van der Waals surface area contributed by atoms with E-state index in [1.54, 1.807) is 19.1 Å². The van der Waals surface area contributed by atoms with Gasteiger partial charge in [0.2, 0.25) is 5.88 Å². The average Bonchev–Trinajstić information content (AvgIpc) is 2.33. The molecule has 98 valence electrons. The molecule has 0 saturated carbocycles. The van der Waals surface area contributed by atoms with Crippen LogP contribution in [-0.4, -0.2) is 16.1 Å². The highest BCUT2D eigenvalue weighted by molar-refractivity contribution is 9.10. The fourth-order valence-corrected chi connectivity index (χ4v) is 1.67. The Kier molecular flexibility index (Phi) is 3.80. The summed E-state index contributed by atoms with van der Waals surface area (Å²) < 4.78 is 19.3. The number of carboxylic acids is 1. The predicted octanol–water partition coefficient (Wildman–Crippen LogP) is 3.78. The van der Waals surface area contributed by atoms with E-state index >= 15 is 0 Å². The van der Waals surface area contributed by atoms with Crippen molar-refractivity contribution < 1.29 is 19.0 Å². The van der Waals surface area contributed by atoms with Gasteiger partial charge in [-0.25, -0.2) is 14.2 Å². The Morgan fingerprint density at radius 1 is 1.37 bits per heavy atom. The maximum Gasteiger partial charge on any atom is 0.339 e. The molecule has 2 rings (SSSR count). The summed E-state index contributed by atoms with van der Waals surface area (Å²) in [5.41, 5.74) is 0.564. The SMILES string of the molecule is Cc1nc(Oc2cc(F)ccc2C(=O)O)ccc1Br. The second kappa shape index (κ2) is 5.36. The smallest absolute Gasteiger partial charge is 0.339 e. The third-order valence-electron chi connectivity index (χ3n) is 2.38. The minimum absolute atomic E-state index is 0.0817. The van der Waals surface area contributed by atoms with Crippen LogP contribution in [0, 0.1) is 12.7 Å². The number of pyridine rings is 1. The molecule has 2 aromatic rings. The van der Waals surface area contributed by atoms with E-state index in [1.807, 2.05) is 0 Å². The molecule has 1 N–H and O–H groups in total. The van der Waals surface area contributed by atoms with Crippen molar-refractivity contribution in [1.82, 2.24) is 4.98 Å². The van der Waals surface area contributed by atoms with Gasteiger partial charge in [0.05, 0.1) is 5.69 Å². The first kappa shape index (κ1) is 13.5. The largest absolute Gasteiger partial charge is 0.478 e. The molecule has 1 heterocycles. The van der Waals surface area contributed by atoms with Gasteiger partial charge in [-0.1, -0.05) is 0 Å². The number of nitrogens with zero attached hydrogens (tertiary/aromatic N) is 1. The molecule has 0 aliphatic heterocycles. The summed E-state index contributed by atoms with van der Waals surface area (Å²) >= 11 is 3.29. The van der Waals surface area contributed by atoms with Crippen LogP contribution in [0.1, 0.15) is 16.1 Å². The summed E-state index contributed by atoms with van der Waals surface area (Å²) in [5, 5.41) is 9.00. The van der Waals surface area contributed by atoms with Gasteiger partial charge in [-0.05, 0) is 41.1 Å². The maximum atomic E-state index is 13.2. The normalized spacial score (nSPS) is 10.3. The van der Waals surface area contributed by atoms with Crippen molar-refractivity contribution in [3.05, 3.63) is 51.9 Å². The molecule has 0 aliphatic carbocycles. The lowest BCUT2D eigenvalue weighted by atomic mass is 10.2. The van der Waals surface area contributed by atoms with Gasteiger partial charge in [-0.15, -0.1) is 0 Å². The van der Waals surface area contributed by atoms with Crippen LogP contribution >= 0.6 is 15.9 Å². The number of aromatic carboxylic acids is 1. The second-order valence-corrected chi connectivity index (χ2v) is 4.62. The molecule has 0 saturated heterocycles. The van der Waals surface area contributed by atoms with Gasteiger partial charge in [-0.2, -0.15) is 0 Å². The van der Waals surface area contributed by atoms with Gasteiger partial charge in [0.25, 0.3) is 0 Å². The summed E-state index contributed by atoms with van der Waals surface area (Å²) in [6.45, 7) is 1.76. The number of carbonyl (C=O) groups is 1.